The highest BCUT2D eigenvalue weighted by Crippen LogP contribution is 2.20. The topological polar surface area (TPSA) is 42.7 Å². The Kier molecular flexibility index (Phi) is 4.79. The van der Waals surface area contributed by atoms with Gasteiger partial charge in [0.25, 0.3) is 0 Å². The van der Waals surface area contributed by atoms with E-state index in [4.69, 9.17) is 0 Å². The van der Waals surface area contributed by atoms with Crippen LogP contribution in [0.4, 0.5) is 8.78 Å². The van der Waals surface area contributed by atoms with Gasteiger partial charge >= 0.3 is 0 Å². The third kappa shape index (κ3) is 3.60. The smallest absolute Gasteiger partial charge is 0.128 e. The van der Waals surface area contributed by atoms with E-state index in [1.807, 2.05) is 6.92 Å². The van der Waals surface area contributed by atoms with Crippen molar-refractivity contribution in [1.29, 1.82) is 0 Å². The van der Waals surface area contributed by atoms with Gasteiger partial charge in [-0.3, -0.25) is 4.68 Å². The molecule has 1 N–H and O–H groups in total. The number of hydrogen-bond donors (Lipinski definition) is 1. The van der Waals surface area contributed by atoms with Gasteiger partial charge in [0.1, 0.15) is 11.6 Å². The molecule has 6 heteroatoms. The van der Waals surface area contributed by atoms with E-state index in [1.165, 1.54) is 12.1 Å². The minimum Gasteiger partial charge on any atom is -0.310 e. The predicted molar refractivity (Wildman–Crippen MR) is 72.2 cm³/mol. The highest BCUT2D eigenvalue weighted by molar-refractivity contribution is 5.27. The Morgan fingerprint density at radius 3 is 2.80 bits per heavy atom. The van der Waals surface area contributed by atoms with Crippen molar-refractivity contribution in [3.8, 4) is 0 Å². The minimum absolute atomic E-state index is 0.235. The maximum atomic E-state index is 13.8. The number of halogens is 2. The fourth-order valence-corrected chi connectivity index (χ4v) is 2.02. The van der Waals surface area contributed by atoms with Crippen LogP contribution in [-0.4, -0.2) is 21.5 Å². The van der Waals surface area contributed by atoms with Gasteiger partial charge in [-0.05, 0) is 44.5 Å². The van der Waals surface area contributed by atoms with E-state index in [0.29, 0.717) is 17.7 Å². The number of nitrogens with zero attached hydrogens (tertiary/aromatic N) is 3. The summed E-state index contributed by atoms with van der Waals surface area (Å²) in [5.41, 5.74) is 0.679. The molecule has 1 aromatic carbocycles. The Bertz CT molecular complexity index is 555. The van der Waals surface area contributed by atoms with Gasteiger partial charge in [0.05, 0.1) is 6.20 Å². The molecule has 1 heterocycles. The van der Waals surface area contributed by atoms with E-state index in [9.17, 15) is 8.78 Å². The maximum absolute atomic E-state index is 13.8. The second-order valence-corrected chi connectivity index (χ2v) is 4.82. The summed E-state index contributed by atoms with van der Waals surface area (Å²) in [4.78, 5) is 0. The lowest BCUT2D eigenvalue weighted by atomic mass is 10.0. The molecule has 0 aliphatic heterocycles. The molecule has 0 spiro atoms. The van der Waals surface area contributed by atoms with Crippen molar-refractivity contribution in [2.75, 3.05) is 6.54 Å². The number of aryl methyl sites for hydroxylation is 2. The molecule has 4 nitrogen and oxygen atoms in total. The van der Waals surface area contributed by atoms with Crippen molar-refractivity contribution in [3.63, 3.8) is 0 Å². The van der Waals surface area contributed by atoms with Gasteiger partial charge in [-0.1, -0.05) is 5.21 Å². The molecule has 20 heavy (non-hydrogen) atoms. The first-order chi connectivity index (χ1) is 9.58. The van der Waals surface area contributed by atoms with E-state index < -0.39 is 0 Å². The van der Waals surface area contributed by atoms with Gasteiger partial charge in [0.15, 0.2) is 0 Å². The minimum atomic E-state index is -0.377. The van der Waals surface area contributed by atoms with Crippen molar-refractivity contribution < 1.29 is 8.78 Å². The summed E-state index contributed by atoms with van der Waals surface area (Å²) < 4.78 is 29.0. The van der Waals surface area contributed by atoms with E-state index in [0.717, 1.165) is 13.0 Å². The summed E-state index contributed by atoms with van der Waals surface area (Å²) in [6.07, 6.45) is 4.25. The zero-order valence-corrected chi connectivity index (χ0v) is 11.6. The Labute approximate surface area is 116 Å². The highest BCUT2D eigenvalue weighted by Gasteiger charge is 2.13. The Morgan fingerprint density at radius 2 is 2.10 bits per heavy atom. The first-order valence-electron chi connectivity index (χ1n) is 6.61. The van der Waals surface area contributed by atoms with Gasteiger partial charge in [0, 0.05) is 24.3 Å². The zero-order valence-electron chi connectivity index (χ0n) is 11.6. The standard InChI is InChI=1S/C14H18F2N4/c1-10-8-14(16)12(9-13(10)15)11(2)17-4-3-6-20-7-5-18-19-20/h5,7-9,11,17H,3-4,6H2,1-2H3. The van der Waals surface area contributed by atoms with Crippen LogP contribution in [0.15, 0.2) is 24.5 Å². The van der Waals surface area contributed by atoms with E-state index in [-0.39, 0.29) is 17.7 Å². The molecule has 0 aliphatic carbocycles. The van der Waals surface area contributed by atoms with E-state index in [1.54, 1.807) is 24.0 Å². The molecule has 2 rings (SSSR count). The second kappa shape index (κ2) is 6.56. The maximum Gasteiger partial charge on any atom is 0.128 e. The lowest BCUT2D eigenvalue weighted by Crippen LogP contribution is -2.22. The summed E-state index contributed by atoms with van der Waals surface area (Å²) in [5, 5.41) is 10.8. The molecule has 0 saturated carbocycles. The first kappa shape index (κ1) is 14.6. The van der Waals surface area contributed by atoms with Crippen LogP contribution in [0.3, 0.4) is 0 Å². The number of nitrogens with one attached hydrogen (secondary N) is 1. The Morgan fingerprint density at radius 1 is 1.30 bits per heavy atom. The normalized spacial score (nSPS) is 12.6. The molecular weight excluding hydrogens is 262 g/mol. The molecule has 0 bridgehead atoms. The van der Waals surface area contributed by atoms with Crippen molar-refractivity contribution in [1.82, 2.24) is 20.3 Å². The second-order valence-electron chi connectivity index (χ2n) is 4.82. The Balaban J connectivity index is 1.85. The molecule has 2 aromatic rings. The summed E-state index contributed by atoms with van der Waals surface area (Å²) in [6.45, 7) is 4.81. The van der Waals surface area contributed by atoms with Crippen molar-refractivity contribution >= 4 is 0 Å². The zero-order chi connectivity index (χ0) is 14.5. The van der Waals surface area contributed by atoms with Gasteiger partial charge < -0.3 is 5.32 Å². The number of hydrogen-bond acceptors (Lipinski definition) is 3. The van der Waals surface area contributed by atoms with Crippen LogP contribution in [-0.2, 0) is 6.54 Å². The summed E-state index contributed by atoms with van der Waals surface area (Å²) in [7, 11) is 0. The monoisotopic (exact) mass is 280 g/mol. The fourth-order valence-electron chi connectivity index (χ4n) is 2.02. The lowest BCUT2D eigenvalue weighted by Gasteiger charge is -2.15. The largest absolute Gasteiger partial charge is 0.310 e. The average molecular weight is 280 g/mol. The third-order valence-electron chi connectivity index (χ3n) is 3.23. The summed E-state index contributed by atoms with van der Waals surface area (Å²) in [6, 6.07) is 2.26. The van der Waals surface area contributed by atoms with Crippen LogP contribution < -0.4 is 5.32 Å². The van der Waals surface area contributed by atoms with Crippen LogP contribution in [0.25, 0.3) is 0 Å². The number of aromatic nitrogens is 3. The molecule has 108 valence electrons. The number of rotatable bonds is 6. The van der Waals surface area contributed by atoms with Crippen LogP contribution in [0, 0.1) is 18.6 Å². The van der Waals surface area contributed by atoms with E-state index >= 15 is 0 Å². The first-order valence-corrected chi connectivity index (χ1v) is 6.61. The van der Waals surface area contributed by atoms with Crippen LogP contribution in [0.5, 0.6) is 0 Å². The molecule has 0 amide bonds. The fraction of sp³-hybridized carbons (Fsp3) is 0.429. The molecule has 0 aliphatic rings. The van der Waals surface area contributed by atoms with Crippen LogP contribution >= 0.6 is 0 Å². The van der Waals surface area contributed by atoms with Gasteiger partial charge in [-0.2, -0.15) is 0 Å². The molecule has 1 atom stereocenters. The molecular formula is C14H18F2N4. The molecule has 1 aromatic heterocycles. The van der Waals surface area contributed by atoms with E-state index in [2.05, 4.69) is 15.6 Å². The quantitative estimate of drug-likeness (QED) is 0.827. The van der Waals surface area contributed by atoms with Crippen LogP contribution in [0.2, 0.25) is 0 Å². The van der Waals surface area contributed by atoms with Crippen molar-refractivity contribution in [3.05, 3.63) is 47.3 Å². The van der Waals surface area contributed by atoms with Gasteiger partial charge in [-0.15, -0.1) is 5.10 Å². The lowest BCUT2D eigenvalue weighted by molar-refractivity contribution is 0.482. The highest BCUT2D eigenvalue weighted by atomic mass is 19.1. The predicted octanol–water partition coefficient (Wildman–Crippen LogP) is 2.61. The van der Waals surface area contributed by atoms with Crippen LogP contribution in [0.1, 0.15) is 30.5 Å². The Hall–Kier alpha value is -1.82. The number of benzene rings is 1. The summed E-state index contributed by atoms with van der Waals surface area (Å²) >= 11 is 0. The van der Waals surface area contributed by atoms with Gasteiger partial charge in [0.2, 0.25) is 0 Å². The molecule has 0 saturated heterocycles. The molecule has 1 unspecified atom stereocenters. The van der Waals surface area contributed by atoms with Gasteiger partial charge in [-0.25, -0.2) is 8.78 Å². The van der Waals surface area contributed by atoms with Crippen molar-refractivity contribution in [2.45, 2.75) is 32.9 Å². The molecule has 0 fully saturated rings. The summed E-state index contributed by atoms with van der Waals surface area (Å²) in [5.74, 6) is -0.752. The molecule has 0 radical (unpaired) electrons. The van der Waals surface area contributed by atoms with Crippen molar-refractivity contribution in [2.24, 2.45) is 0 Å². The SMILES string of the molecule is Cc1cc(F)c(C(C)NCCCn2ccnn2)cc1F. The average Bonchev–Trinajstić information content (AvgIpc) is 2.92. The third-order valence-corrected chi connectivity index (χ3v) is 3.23.